The quantitative estimate of drug-likeness (QED) is 0.224. The van der Waals surface area contributed by atoms with E-state index in [4.69, 9.17) is 0 Å². The maximum absolute atomic E-state index is 2.26. The third-order valence-corrected chi connectivity index (χ3v) is 9.15. The highest BCUT2D eigenvalue weighted by Crippen LogP contribution is 2.41. The van der Waals surface area contributed by atoms with Gasteiger partial charge in [-0.15, -0.1) is 0 Å². The highest BCUT2D eigenvalue weighted by Gasteiger charge is 2.28. The minimum Gasteiger partial charge on any atom is -0.0620 e. The summed E-state index contributed by atoms with van der Waals surface area (Å²) < 4.78 is 0. The lowest BCUT2D eigenvalue weighted by Crippen LogP contribution is -2.12. The molecule has 0 radical (unpaired) electrons. The first-order valence-electron chi connectivity index (χ1n) is 15.4. The summed E-state index contributed by atoms with van der Waals surface area (Å²) in [5.41, 5.74) is 6.29. The van der Waals surface area contributed by atoms with Gasteiger partial charge in [-0.2, -0.15) is 0 Å². The second-order valence-electron chi connectivity index (χ2n) is 11.7. The predicted molar refractivity (Wildman–Crippen MR) is 165 cm³/mol. The fourth-order valence-electron chi connectivity index (χ4n) is 7.01. The van der Waals surface area contributed by atoms with Gasteiger partial charge in [0.2, 0.25) is 0 Å². The summed E-state index contributed by atoms with van der Waals surface area (Å²) >= 11 is 0. The molecule has 0 nitrogen and oxygen atoms in total. The molecule has 0 N–H and O–H groups in total. The van der Waals surface area contributed by atoms with Crippen LogP contribution in [0, 0.1) is 11.8 Å². The van der Waals surface area contributed by atoms with E-state index in [2.05, 4.69) is 97.1 Å². The number of hydrogen-bond donors (Lipinski definition) is 0. The molecule has 0 spiro atoms. The Morgan fingerprint density at radius 3 is 1.03 bits per heavy atom. The molecule has 0 bridgehead atoms. The van der Waals surface area contributed by atoms with Crippen molar-refractivity contribution in [2.75, 3.05) is 0 Å². The molecule has 2 fully saturated rings. The van der Waals surface area contributed by atoms with E-state index in [-0.39, 0.29) is 0 Å². The van der Waals surface area contributed by atoms with Crippen LogP contribution in [0.3, 0.4) is 0 Å². The van der Waals surface area contributed by atoms with Crippen molar-refractivity contribution in [2.24, 2.45) is 11.8 Å². The number of benzene rings is 4. The van der Waals surface area contributed by atoms with Gasteiger partial charge in [0.05, 0.1) is 0 Å². The number of rotatable bonds is 0. The van der Waals surface area contributed by atoms with Crippen molar-refractivity contribution in [3.8, 4) is 0 Å². The molecular weight excluding hydrogens is 456 g/mol. The first-order chi connectivity index (χ1) is 18.9. The molecule has 4 aromatic rings. The lowest BCUT2D eigenvalue weighted by molar-refractivity contribution is 0.277. The van der Waals surface area contributed by atoms with Crippen molar-refractivity contribution in [3.05, 3.63) is 119 Å². The van der Waals surface area contributed by atoms with Crippen molar-refractivity contribution in [1.82, 2.24) is 0 Å². The molecule has 198 valence electrons. The van der Waals surface area contributed by atoms with Crippen LogP contribution in [0.25, 0.3) is 10.8 Å². The first-order valence-corrected chi connectivity index (χ1v) is 15.4. The molecule has 4 aromatic carbocycles. The molecule has 2 unspecified atom stereocenters. The molecule has 0 amide bonds. The van der Waals surface area contributed by atoms with Crippen LogP contribution in [0.5, 0.6) is 0 Å². The highest BCUT2D eigenvalue weighted by atomic mass is 14.3. The first kappa shape index (κ1) is 26.7. The second kappa shape index (κ2) is 14.3. The SMILES string of the molecule is C1CCC2CCCC2C1.c1ccc2c(c1)CCC2.c1ccc2c(c1)CCCC2.c1ccc2ccccc2c1. The Balaban J connectivity index is 0.000000103. The minimum atomic E-state index is 1.17. The topological polar surface area (TPSA) is 0 Å². The van der Waals surface area contributed by atoms with E-state index >= 15 is 0 Å². The van der Waals surface area contributed by atoms with Crippen molar-refractivity contribution < 1.29 is 0 Å². The van der Waals surface area contributed by atoms with Crippen LogP contribution in [0.2, 0.25) is 0 Å². The van der Waals surface area contributed by atoms with Crippen LogP contribution >= 0.6 is 0 Å². The van der Waals surface area contributed by atoms with Crippen LogP contribution in [0.1, 0.15) is 86.5 Å². The molecule has 0 heterocycles. The minimum absolute atomic E-state index is 1.17. The molecular formula is C38H46. The van der Waals surface area contributed by atoms with Gasteiger partial charge in [0.15, 0.2) is 0 Å². The summed E-state index contributed by atoms with van der Waals surface area (Å²) in [6.45, 7) is 0. The van der Waals surface area contributed by atoms with Gasteiger partial charge in [-0.05, 0) is 89.8 Å². The predicted octanol–water partition coefficient (Wildman–Crippen LogP) is 10.6. The molecule has 4 aliphatic carbocycles. The third-order valence-electron chi connectivity index (χ3n) is 9.15. The highest BCUT2D eigenvalue weighted by molar-refractivity contribution is 5.82. The van der Waals surface area contributed by atoms with Gasteiger partial charge in [-0.1, -0.05) is 142 Å². The summed E-state index contributed by atoms with van der Waals surface area (Å²) in [5, 5.41) is 2.62. The van der Waals surface area contributed by atoms with Gasteiger partial charge in [0.25, 0.3) is 0 Å². The monoisotopic (exact) mass is 502 g/mol. The summed E-state index contributed by atoms with van der Waals surface area (Å²) in [5.74, 6) is 2.33. The van der Waals surface area contributed by atoms with Crippen molar-refractivity contribution in [1.29, 1.82) is 0 Å². The zero-order valence-electron chi connectivity index (χ0n) is 23.3. The van der Waals surface area contributed by atoms with E-state index in [1.165, 1.54) is 86.8 Å². The second-order valence-corrected chi connectivity index (χ2v) is 11.7. The Hall–Kier alpha value is -2.86. The van der Waals surface area contributed by atoms with Gasteiger partial charge < -0.3 is 0 Å². The van der Waals surface area contributed by atoms with E-state index in [9.17, 15) is 0 Å². The summed E-state index contributed by atoms with van der Waals surface area (Å²) in [6, 6.07) is 34.3. The van der Waals surface area contributed by atoms with Gasteiger partial charge in [-0.3, -0.25) is 0 Å². The molecule has 2 saturated carbocycles. The standard InChI is InChI=1S/C10H12.C10H8.C9H16.C9H10/c2*1-2-6-10-8-4-3-7-9(10)5-1;2*1-2-5-9-7-3-6-8(9)4-1/h1-2,5-6H,3-4,7-8H2;1-8H;8-9H,1-7H2;1-2,4-5H,3,6-7H2. The van der Waals surface area contributed by atoms with E-state index in [0.29, 0.717) is 0 Å². The summed E-state index contributed by atoms with van der Waals surface area (Å²) in [4.78, 5) is 0. The average Bonchev–Trinajstić information content (AvgIpc) is 3.68. The van der Waals surface area contributed by atoms with Gasteiger partial charge in [0, 0.05) is 0 Å². The Labute approximate surface area is 231 Å². The van der Waals surface area contributed by atoms with Gasteiger partial charge in [0.1, 0.15) is 0 Å². The fourth-order valence-corrected chi connectivity index (χ4v) is 7.01. The Morgan fingerprint density at radius 1 is 0.316 bits per heavy atom. The van der Waals surface area contributed by atoms with Crippen molar-refractivity contribution >= 4 is 10.8 Å². The van der Waals surface area contributed by atoms with E-state index in [0.717, 1.165) is 0 Å². The molecule has 0 aliphatic heterocycles. The molecule has 4 aliphatic rings. The Kier molecular flexibility index (Phi) is 10.1. The average molecular weight is 503 g/mol. The van der Waals surface area contributed by atoms with Crippen LogP contribution < -0.4 is 0 Å². The molecule has 8 rings (SSSR count). The van der Waals surface area contributed by atoms with E-state index in [1.54, 1.807) is 47.9 Å². The smallest absolute Gasteiger partial charge is 0.0184 e. The van der Waals surface area contributed by atoms with Crippen LogP contribution in [0.4, 0.5) is 0 Å². The lowest BCUT2D eigenvalue weighted by Gasteiger charge is -2.24. The largest absolute Gasteiger partial charge is 0.0620 e. The molecule has 2 atom stereocenters. The number of aryl methyl sites for hydroxylation is 4. The maximum atomic E-state index is 2.26. The Morgan fingerprint density at radius 2 is 0.632 bits per heavy atom. The molecule has 0 aromatic heterocycles. The van der Waals surface area contributed by atoms with Crippen LogP contribution in [0.15, 0.2) is 97.1 Å². The molecule has 0 saturated heterocycles. The van der Waals surface area contributed by atoms with Gasteiger partial charge in [-0.25, -0.2) is 0 Å². The normalized spacial score (nSPS) is 20.7. The zero-order chi connectivity index (χ0) is 25.8. The van der Waals surface area contributed by atoms with Crippen molar-refractivity contribution in [3.63, 3.8) is 0 Å². The third kappa shape index (κ3) is 7.59. The molecule has 0 heteroatoms. The molecule has 38 heavy (non-hydrogen) atoms. The van der Waals surface area contributed by atoms with Gasteiger partial charge >= 0.3 is 0 Å². The Bertz CT molecular complexity index is 1130. The van der Waals surface area contributed by atoms with Crippen molar-refractivity contribution in [2.45, 2.75) is 89.9 Å². The summed E-state index contributed by atoms with van der Waals surface area (Å²) in [7, 11) is 0. The number of hydrogen-bond acceptors (Lipinski definition) is 0. The van der Waals surface area contributed by atoms with Crippen LogP contribution in [-0.2, 0) is 25.7 Å². The lowest BCUT2D eigenvalue weighted by atomic mass is 9.82. The maximum Gasteiger partial charge on any atom is -0.0184 e. The zero-order valence-corrected chi connectivity index (χ0v) is 23.3. The van der Waals surface area contributed by atoms with E-state index in [1.807, 2.05) is 0 Å². The van der Waals surface area contributed by atoms with E-state index < -0.39 is 0 Å². The number of fused-ring (bicyclic) bond motifs is 4. The summed E-state index contributed by atoms with van der Waals surface area (Å²) in [6.07, 6.45) is 20.2. The van der Waals surface area contributed by atoms with Crippen LogP contribution in [-0.4, -0.2) is 0 Å². The fraction of sp³-hybridized carbons (Fsp3) is 0.421.